The van der Waals surface area contributed by atoms with Gasteiger partial charge in [0.05, 0.1) is 11.7 Å². The predicted octanol–water partition coefficient (Wildman–Crippen LogP) is 3.38. The van der Waals surface area contributed by atoms with E-state index in [9.17, 15) is 14.4 Å². The number of carbonyl (C=O) groups excluding carboxylic acids is 2. The average molecular weight is 388 g/mol. The van der Waals surface area contributed by atoms with Crippen LogP contribution in [0.4, 0.5) is 5.00 Å². The van der Waals surface area contributed by atoms with Gasteiger partial charge >= 0.3 is 5.97 Å². The molecule has 1 aliphatic carbocycles. The maximum atomic E-state index is 12.6. The second kappa shape index (κ2) is 8.52. The van der Waals surface area contributed by atoms with E-state index in [2.05, 4.69) is 5.32 Å². The molecule has 0 saturated heterocycles. The van der Waals surface area contributed by atoms with Crippen molar-refractivity contribution in [3.63, 3.8) is 0 Å². The van der Waals surface area contributed by atoms with Gasteiger partial charge in [-0.05, 0) is 51.2 Å². The number of anilines is 1. The van der Waals surface area contributed by atoms with Crippen LogP contribution in [-0.2, 0) is 28.9 Å². The highest BCUT2D eigenvalue weighted by Gasteiger charge is 2.27. The van der Waals surface area contributed by atoms with Gasteiger partial charge in [0.15, 0.2) is 0 Å². The van der Waals surface area contributed by atoms with Crippen LogP contribution in [0, 0.1) is 0 Å². The molecule has 0 unspecified atom stereocenters. The minimum absolute atomic E-state index is 0.141. The van der Waals surface area contributed by atoms with Gasteiger partial charge in [-0.15, -0.1) is 11.3 Å². The molecule has 0 bridgehead atoms. The highest BCUT2D eigenvalue weighted by atomic mass is 32.1. The van der Waals surface area contributed by atoms with E-state index in [1.165, 1.54) is 22.0 Å². The number of pyridine rings is 1. The summed E-state index contributed by atoms with van der Waals surface area (Å²) >= 11 is 1.47. The Labute approximate surface area is 162 Å². The molecule has 144 valence electrons. The van der Waals surface area contributed by atoms with E-state index in [1.54, 1.807) is 18.3 Å². The fraction of sp³-hybridized carbons (Fsp3) is 0.450. The van der Waals surface area contributed by atoms with Crippen LogP contribution in [0.25, 0.3) is 0 Å². The maximum Gasteiger partial charge on any atom is 0.341 e. The molecule has 27 heavy (non-hydrogen) atoms. The Morgan fingerprint density at radius 2 is 2.04 bits per heavy atom. The van der Waals surface area contributed by atoms with E-state index >= 15 is 0 Å². The zero-order valence-corrected chi connectivity index (χ0v) is 16.4. The number of ether oxygens (including phenoxy) is 1. The van der Waals surface area contributed by atoms with E-state index in [1.807, 2.05) is 13.8 Å². The van der Waals surface area contributed by atoms with Crippen LogP contribution in [0.2, 0.25) is 0 Å². The summed E-state index contributed by atoms with van der Waals surface area (Å²) in [7, 11) is 0. The Bertz CT molecular complexity index is 898. The molecular formula is C20H24N2O4S. The molecule has 2 aromatic heterocycles. The molecule has 0 saturated carbocycles. The van der Waals surface area contributed by atoms with Crippen molar-refractivity contribution < 1.29 is 14.3 Å². The average Bonchev–Trinajstić information content (AvgIpc) is 2.98. The van der Waals surface area contributed by atoms with Crippen molar-refractivity contribution >= 4 is 28.2 Å². The van der Waals surface area contributed by atoms with Gasteiger partial charge in [-0.25, -0.2) is 4.79 Å². The van der Waals surface area contributed by atoms with Crippen LogP contribution >= 0.6 is 11.3 Å². The predicted molar refractivity (Wildman–Crippen MR) is 105 cm³/mol. The van der Waals surface area contributed by atoms with Crippen LogP contribution < -0.4 is 10.9 Å². The summed E-state index contributed by atoms with van der Waals surface area (Å²) in [5.74, 6) is -0.595. The molecule has 0 spiro atoms. The number of carbonyl (C=O) groups is 2. The van der Waals surface area contributed by atoms with Crippen molar-refractivity contribution in [1.82, 2.24) is 4.57 Å². The van der Waals surface area contributed by atoms with Gasteiger partial charge in [0, 0.05) is 30.1 Å². The van der Waals surface area contributed by atoms with Gasteiger partial charge in [-0.3, -0.25) is 9.59 Å². The first-order valence-electron chi connectivity index (χ1n) is 9.26. The Kier molecular flexibility index (Phi) is 6.11. The Balaban J connectivity index is 1.76. The lowest BCUT2D eigenvalue weighted by Crippen LogP contribution is -2.22. The number of hydrogen-bond acceptors (Lipinski definition) is 5. The zero-order chi connectivity index (χ0) is 19.4. The summed E-state index contributed by atoms with van der Waals surface area (Å²) in [5.41, 5.74) is 1.39. The number of nitrogens with zero attached hydrogens (tertiary/aromatic N) is 1. The van der Waals surface area contributed by atoms with Crippen LogP contribution in [0.15, 0.2) is 29.2 Å². The minimum Gasteiger partial charge on any atom is -0.459 e. The third kappa shape index (κ3) is 4.66. The highest BCUT2D eigenvalue weighted by molar-refractivity contribution is 7.17. The van der Waals surface area contributed by atoms with Crippen molar-refractivity contribution in [2.75, 3.05) is 5.32 Å². The highest BCUT2D eigenvalue weighted by Crippen LogP contribution is 2.38. The van der Waals surface area contributed by atoms with E-state index in [0.717, 1.165) is 36.1 Å². The summed E-state index contributed by atoms with van der Waals surface area (Å²) < 4.78 is 6.89. The Hall–Kier alpha value is -2.41. The van der Waals surface area contributed by atoms with Crippen LogP contribution in [-0.4, -0.2) is 22.5 Å². The second-order valence-corrected chi connectivity index (χ2v) is 8.00. The minimum atomic E-state index is -0.376. The van der Waals surface area contributed by atoms with Gasteiger partial charge < -0.3 is 14.6 Å². The van der Waals surface area contributed by atoms with Gasteiger partial charge in [0.2, 0.25) is 5.91 Å². The topological polar surface area (TPSA) is 77.4 Å². The van der Waals surface area contributed by atoms with Gasteiger partial charge in [-0.2, -0.15) is 0 Å². The SMILES string of the molecule is CC(C)OC(=O)c1c(NC(=O)CCn2ccccc2=O)sc2c1CCCC2. The number of nitrogens with one attached hydrogen (secondary N) is 1. The van der Waals surface area contributed by atoms with Crippen LogP contribution in [0.5, 0.6) is 0 Å². The van der Waals surface area contributed by atoms with Crippen LogP contribution in [0.1, 0.15) is 53.9 Å². The summed E-state index contributed by atoms with van der Waals surface area (Å²) in [4.78, 5) is 37.9. The lowest BCUT2D eigenvalue weighted by Gasteiger charge is -2.14. The van der Waals surface area contributed by atoms with Crippen molar-refractivity contribution in [1.29, 1.82) is 0 Å². The normalized spacial score (nSPS) is 13.3. The molecule has 6 nitrogen and oxygen atoms in total. The molecule has 3 rings (SSSR count). The quantitative estimate of drug-likeness (QED) is 0.770. The van der Waals surface area contributed by atoms with Gasteiger partial charge in [0.25, 0.3) is 5.56 Å². The molecule has 0 radical (unpaired) electrons. The van der Waals surface area contributed by atoms with E-state index in [-0.39, 0.29) is 30.0 Å². The van der Waals surface area contributed by atoms with Gasteiger partial charge in [-0.1, -0.05) is 6.07 Å². The number of aryl methyl sites for hydroxylation is 2. The van der Waals surface area contributed by atoms with Crippen LogP contribution in [0.3, 0.4) is 0 Å². The van der Waals surface area contributed by atoms with Crippen molar-refractivity contribution in [2.45, 2.75) is 58.6 Å². The molecule has 2 aromatic rings. The molecule has 1 amide bonds. The first-order valence-corrected chi connectivity index (χ1v) is 10.1. The third-order valence-electron chi connectivity index (χ3n) is 4.45. The number of fused-ring (bicyclic) bond motifs is 1. The molecular weight excluding hydrogens is 364 g/mol. The smallest absolute Gasteiger partial charge is 0.341 e. The van der Waals surface area contributed by atoms with Crippen molar-refractivity contribution in [2.24, 2.45) is 0 Å². The summed E-state index contributed by atoms with van der Waals surface area (Å²) in [5, 5.41) is 3.44. The lowest BCUT2D eigenvalue weighted by atomic mass is 9.95. The third-order valence-corrected chi connectivity index (χ3v) is 5.66. The zero-order valence-electron chi connectivity index (χ0n) is 15.6. The molecule has 1 N–H and O–H groups in total. The number of esters is 1. The lowest BCUT2D eigenvalue weighted by molar-refractivity contribution is -0.116. The van der Waals surface area contributed by atoms with Gasteiger partial charge in [0.1, 0.15) is 5.00 Å². The number of aromatic nitrogens is 1. The number of hydrogen-bond donors (Lipinski definition) is 1. The fourth-order valence-electron chi connectivity index (χ4n) is 3.20. The van der Waals surface area contributed by atoms with E-state index in [4.69, 9.17) is 4.74 Å². The van der Waals surface area contributed by atoms with Crippen molar-refractivity contribution in [3.05, 3.63) is 50.8 Å². The molecule has 0 aromatic carbocycles. The summed E-state index contributed by atoms with van der Waals surface area (Å²) in [6, 6.07) is 4.89. The molecule has 1 aliphatic rings. The molecule has 7 heteroatoms. The molecule has 0 fully saturated rings. The monoisotopic (exact) mass is 388 g/mol. The second-order valence-electron chi connectivity index (χ2n) is 6.90. The summed E-state index contributed by atoms with van der Waals surface area (Å²) in [6.45, 7) is 3.92. The number of rotatable bonds is 6. The maximum absolute atomic E-state index is 12.6. The summed E-state index contributed by atoms with van der Waals surface area (Å²) in [6.07, 6.45) is 5.49. The standard InChI is InChI=1S/C20H24N2O4S/c1-13(2)26-20(25)18-14-7-3-4-8-15(14)27-19(18)21-16(23)10-12-22-11-6-5-9-17(22)24/h5-6,9,11,13H,3-4,7-8,10,12H2,1-2H3,(H,21,23). The first kappa shape index (κ1) is 19.4. The fourth-order valence-corrected chi connectivity index (χ4v) is 4.49. The molecule has 0 aliphatic heterocycles. The van der Waals surface area contributed by atoms with E-state index in [0.29, 0.717) is 17.1 Å². The number of amides is 1. The number of thiophene rings is 1. The molecule has 0 atom stereocenters. The Morgan fingerprint density at radius 1 is 1.26 bits per heavy atom. The first-order chi connectivity index (χ1) is 13.0. The molecule has 2 heterocycles. The van der Waals surface area contributed by atoms with Crippen molar-refractivity contribution in [3.8, 4) is 0 Å². The van der Waals surface area contributed by atoms with E-state index < -0.39 is 0 Å². The largest absolute Gasteiger partial charge is 0.459 e. The Morgan fingerprint density at radius 3 is 2.78 bits per heavy atom.